The molecular weight excluding hydrogens is 332 g/mol. The zero-order chi connectivity index (χ0) is 18.4. The number of hydrogen-bond acceptors (Lipinski definition) is 4. The molecule has 0 radical (unpaired) electrons. The molecule has 136 valence electrons. The van der Waals surface area contributed by atoms with E-state index in [4.69, 9.17) is 4.74 Å². The molecule has 0 aromatic heterocycles. The number of ether oxygens (including phenoxy) is 1. The average molecular weight is 354 g/mol. The molecule has 2 aromatic carbocycles. The van der Waals surface area contributed by atoms with Crippen molar-refractivity contribution >= 4 is 11.6 Å². The standard InChI is InChI=1S/C20H22N2O4/c23-20(16-10-12-17(13-11-16)22(24)25)21-18-8-4-5-9-19(18)26-14-15-6-2-1-3-7-15/h1-3,6-7,10-13,18-19H,4-5,8-9,14H2,(H,21,23). The van der Waals surface area contributed by atoms with E-state index < -0.39 is 4.92 Å². The molecule has 1 fully saturated rings. The van der Waals surface area contributed by atoms with Gasteiger partial charge in [0, 0.05) is 17.7 Å². The number of nitro benzene ring substituents is 1. The number of non-ortho nitro benzene ring substituents is 1. The van der Waals surface area contributed by atoms with E-state index in [0.717, 1.165) is 31.2 Å². The van der Waals surface area contributed by atoms with Crippen LogP contribution in [0, 0.1) is 10.1 Å². The normalized spacial score (nSPS) is 19.7. The van der Waals surface area contributed by atoms with Crippen molar-refractivity contribution in [2.24, 2.45) is 0 Å². The molecule has 1 N–H and O–H groups in total. The Balaban J connectivity index is 1.60. The van der Waals surface area contributed by atoms with Crippen molar-refractivity contribution in [2.75, 3.05) is 0 Å². The van der Waals surface area contributed by atoms with Crippen molar-refractivity contribution in [1.82, 2.24) is 5.32 Å². The molecule has 2 unspecified atom stereocenters. The molecule has 2 atom stereocenters. The highest BCUT2D eigenvalue weighted by Crippen LogP contribution is 2.23. The number of hydrogen-bond donors (Lipinski definition) is 1. The third-order valence-electron chi connectivity index (χ3n) is 4.67. The maximum absolute atomic E-state index is 12.5. The van der Waals surface area contributed by atoms with Crippen LogP contribution in [-0.4, -0.2) is 23.0 Å². The van der Waals surface area contributed by atoms with Crippen LogP contribution in [0.5, 0.6) is 0 Å². The maximum Gasteiger partial charge on any atom is 0.269 e. The second-order valence-corrected chi connectivity index (χ2v) is 6.50. The van der Waals surface area contributed by atoms with Gasteiger partial charge in [0.05, 0.1) is 23.7 Å². The first-order valence-electron chi connectivity index (χ1n) is 8.84. The van der Waals surface area contributed by atoms with Gasteiger partial charge in [-0.25, -0.2) is 0 Å². The fourth-order valence-corrected chi connectivity index (χ4v) is 3.23. The van der Waals surface area contributed by atoms with Crippen LogP contribution in [0.3, 0.4) is 0 Å². The summed E-state index contributed by atoms with van der Waals surface area (Å²) in [6.07, 6.45) is 3.90. The van der Waals surface area contributed by atoms with Crippen molar-refractivity contribution < 1.29 is 14.5 Å². The van der Waals surface area contributed by atoms with Crippen molar-refractivity contribution in [3.63, 3.8) is 0 Å². The van der Waals surface area contributed by atoms with E-state index >= 15 is 0 Å². The number of carbonyl (C=O) groups is 1. The average Bonchev–Trinajstić information content (AvgIpc) is 2.68. The maximum atomic E-state index is 12.5. The molecule has 1 saturated carbocycles. The molecule has 6 nitrogen and oxygen atoms in total. The summed E-state index contributed by atoms with van der Waals surface area (Å²) < 4.78 is 6.06. The van der Waals surface area contributed by atoms with Crippen molar-refractivity contribution in [3.8, 4) is 0 Å². The molecule has 0 saturated heterocycles. The fraction of sp³-hybridized carbons (Fsp3) is 0.350. The molecule has 0 spiro atoms. The number of rotatable bonds is 6. The van der Waals surface area contributed by atoms with Crippen LogP contribution in [-0.2, 0) is 11.3 Å². The van der Waals surface area contributed by atoms with Crippen LogP contribution in [0.25, 0.3) is 0 Å². The molecule has 0 bridgehead atoms. The van der Waals surface area contributed by atoms with Crippen LogP contribution in [0.1, 0.15) is 41.6 Å². The van der Waals surface area contributed by atoms with E-state index in [1.807, 2.05) is 30.3 Å². The van der Waals surface area contributed by atoms with Crippen molar-refractivity contribution in [1.29, 1.82) is 0 Å². The van der Waals surface area contributed by atoms with Gasteiger partial charge < -0.3 is 10.1 Å². The largest absolute Gasteiger partial charge is 0.371 e. The van der Waals surface area contributed by atoms with Crippen LogP contribution in [0.4, 0.5) is 5.69 Å². The first kappa shape index (κ1) is 18.1. The van der Waals surface area contributed by atoms with Gasteiger partial charge in [-0.05, 0) is 30.5 Å². The van der Waals surface area contributed by atoms with Crippen LogP contribution in [0.15, 0.2) is 54.6 Å². The lowest BCUT2D eigenvalue weighted by Crippen LogP contribution is -2.46. The molecule has 0 heterocycles. The summed E-state index contributed by atoms with van der Waals surface area (Å²) in [5, 5.41) is 13.8. The predicted molar refractivity (Wildman–Crippen MR) is 97.8 cm³/mol. The fourth-order valence-electron chi connectivity index (χ4n) is 3.23. The summed E-state index contributed by atoms with van der Waals surface area (Å²) in [6.45, 7) is 0.523. The minimum Gasteiger partial charge on any atom is -0.371 e. The minimum absolute atomic E-state index is 0.0223. The summed E-state index contributed by atoms with van der Waals surface area (Å²) in [5.41, 5.74) is 1.50. The van der Waals surface area contributed by atoms with E-state index in [-0.39, 0.29) is 23.7 Å². The Kier molecular flexibility index (Phi) is 5.96. The number of amides is 1. The Morgan fingerprint density at radius 3 is 2.46 bits per heavy atom. The molecule has 1 aliphatic carbocycles. The monoisotopic (exact) mass is 354 g/mol. The van der Waals surface area contributed by atoms with Crippen LogP contribution in [0.2, 0.25) is 0 Å². The van der Waals surface area contributed by atoms with Gasteiger partial charge in [-0.1, -0.05) is 43.2 Å². The Hall–Kier alpha value is -2.73. The van der Waals surface area contributed by atoms with Crippen molar-refractivity contribution in [3.05, 3.63) is 75.8 Å². The Morgan fingerprint density at radius 2 is 1.77 bits per heavy atom. The lowest BCUT2D eigenvalue weighted by molar-refractivity contribution is -0.384. The van der Waals surface area contributed by atoms with Crippen LogP contribution < -0.4 is 5.32 Å². The van der Waals surface area contributed by atoms with Gasteiger partial charge >= 0.3 is 0 Å². The molecule has 2 aromatic rings. The highest BCUT2D eigenvalue weighted by molar-refractivity contribution is 5.94. The first-order chi connectivity index (χ1) is 12.6. The lowest BCUT2D eigenvalue weighted by Gasteiger charge is -2.32. The SMILES string of the molecule is O=C(NC1CCCCC1OCc1ccccc1)c1ccc([N+](=O)[O-])cc1. The molecule has 0 aliphatic heterocycles. The highest BCUT2D eigenvalue weighted by atomic mass is 16.6. The summed E-state index contributed by atoms with van der Waals surface area (Å²) >= 11 is 0. The third kappa shape index (κ3) is 4.67. The van der Waals surface area contributed by atoms with E-state index in [1.54, 1.807) is 0 Å². The third-order valence-corrected chi connectivity index (χ3v) is 4.67. The van der Waals surface area contributed by atoms with Crippen molar-refractivity contribution in [2.45, 2.75) is 44.4 Å². The highest BCUT2D eigenvalue weighted by Gasteiger charge is 2.27. The van der Waals surface area contributed by atoms with E-state index in [1.165, 1.54) is 24.3 Å². The molecule has 26 heavy (non-hydrogen) atoms. The number of carbonyl (C=O) groups excluding carboxylic acids is 1. The van der Waals surface area contributed by atoms with Gasteiger partial charge in [-0.2, -0.15) is 0 Å². The van der Waals surface area contributed by atoms with Gasteiger partial charge in [0.2, 0.25) is 0 Å². The van der Waals surface area contributed by atoms with Gasteiger partial charge in [-0.15, -0.1) is 0 Å². The second-order valence-electron chi connectivity index (χ2n) is 6.50. The van der Waals surface area contributed by atoms with E-state index in [9.17, 15) is 14.9 Å². The van der Waals surface area contributed by atoms with E-state index in [2.05, 4.69) is 5.32 Å². The summed E-state index contributed by atoms with van der Waals surface area (Å²) in [7, 11) is 0. The molecule has 1 amide bonds. The number of nitrogens with one attached hydrogen (secondary N) is 1. The van der Waals surface area contributed by atoms with Gasteiger partial charge in [0.25, 0.3) is 11.6 Å². The molecule has 3 rings (SSSR count). The van der Waals surface area contributed by atoms with Crippen LogP contribution >= 0.6 is 0 Å². The number of nitro groups is 1. The quantitative estimate of drug-likeness (QED) is 0.631. The zero-order valence-electron chi connectivity index (χ0n) is 14.5. The van der Waals surface area contributed by atoms with Gasteiger partial charge in [0.15, 0.2) is 0 Å². The second kappa shape index (κ2) is 8.58. The minimum atomic E-state index is -0.476. The molecular formula is C20H22N2O4. The molecule has 1 aliphatic rings. The number of nitrogens with zero attached hydrogens (tertiary/aromatic N) is 1. The Labute approximate surface area is 152 Å². The zero-order valence-corrected chi connectivity index (χ0v) is 14.5. The summed E-state index contributed by atoms with van der Waals surface area (Å²) in [6, 6.07) is 15.6. The van der Waals surface area contributed by atoms with E-state index in [0.29, 0.717) is 12.2 Å². The topological polar surface area (TPSA) is 81.5 Å². The number of benzene rings is 2. The smallest absolute Gasteiger partial charge is 0.269 e. The Morgan fingerprint density at radius 1 is 1.08 bits per heavy atom. The predicted octanol–water partition coefficient (Wildman–Crippen LogP) is 3.85. The first-order valence-corrected chi connectivity index (χ1v) is 8.84. The summed E-state index contributed by atoms with van der Waals surface area (Å²) in [5.74, 6) is -0.222. The molecule has 6 heteroatoms. The lowest BCUT2D eigenvalue weighted by atomic mass is 9.92. The summed E-state index contributed by atoms with van der Waals surface area (Å²) in [4.78, 5) is 22.7. The van der Waals surface area contributed by atoms with Gasteiger partial charge in [0.1, 0.15) is 0 Å². The van der Waals surface area contributed by atoms with Gasteiger partial charge in [-0.3, -0.25) is 14.9 Å². The Bertz CT molecular complexity index is 746.